The summed E-state index contributed by atoms with van der Waals surface area (Å²) in [5, 5.41) is 12.3. The number of carbonyl (C=O) groups is 1. The highest BCUT2D eigenvalue weighted by atomic mass is 35.5. The normalized spacial score (nSPS) is 10.4. The zero-order valence-corrected chi connectivity index (χ0v) is 10.5. The Hall–Kier alpha value is -2.01. The molecule has 0 radical (unpaired) electrons. The first kappa shape index (κ1) is 12.4. The summed E-state index contributed by atoms with van der Waals surface area (Å²) in [6, 6.07) is 5.41. The second-order valence-electron chi connectivity index (χ2n) is 3.68. The van der Waals surface area contributed by atoms with Gasteiger partial charge in [0.15, 0.2) is 5.76 Å². The van der Waals surface area contributed by atoms with Crippen molar-refractivity contribution in [2.75, 3.05) is 7.11 Å². The van der Waals surface area contributed by atoms with Gasteiger partial charge in [-0.05, 0) is 19.1 Å². The molecular formula is C12H10ClNO4. The molecule has 0 amide bonds. The van der Waals surface area contributed by atoms with Gasteiger partial charge in [0.1, 0.15) is 10.8 Å². The van der Waals surface area contributed by atoms with Crippen LogP contribution >= 0.6 is 11.6 Å². The molecule has 0 aliphatic rings. The molecule has 1 N–H and O–H groups in total. The average Bonchev–Trinajstić information content (AvgIpc) is 2.71. The predicted octanol–water partition coefficient (Wildman–Crippen LogP) is 3.01. The lowest BCUT2D eigenvalue weighted by atomic mass is 10.1. The van der Waals surface area contributed by atoms with Crippen LogP contribution in [0, 0.1) is 6.92 Å². The predicted molar refractivity (Wildman–Crippen MR) is 65.2 cm³/mol. The molecule has 5 nitrogen and oxygen atoms in total. The van der Waals surface area contributed by atoms with E-state index in [0.717, 1.165) is 5.56 Å². The van der Waals surface area contributed by atoms with Crippen LogP contribution in [0.2, 0.25) is 5.02 Å². The number of aromatic carboxylic acids is 1. The van der Waals surface area contributed by atoms with Gasteiger partial charge in [0, 0.05) is 0 Å². The Bertz CT molecular complexity index is 606. The van der Waals surface area contributed by atoms with Crippen LogP contribution in [0.1, 0.15) is 16.1 Å². The number of benzene rings is 1. The van der Waals surface area contributed by atoms with E-state index in [0.29, 0.717) is 11.3 Å². The number of aryl methyl sites for hydroxylation is 1. The number of nitrogens with zero attached hydrogens (tertiary/aromatic N) is 1. The molecule has 0 saturated carbocycles. The third-order valence-electron chi connectivity index (χ3n) is 2.44. The standard InChI is InChI=1S/C12H10ClNO4/c1-6-3-4-8(17-2)7(5-6)11-9(13)10(12(15)16)14-18-11/h3-5H,1-2H3,(H,15,16). The second-order valence-corrected chi connectivity index (χ2v) is 4.06. The monoisotopic (exact) mass is 267 g/mol. The summed E-state index contributed by atoms with van der Waals surface area (Å²) >= 11 is 5.94. The van der Waals surface area contributed by atoms with Crippen molar-refractivity contribution in [1.29, 1.82) is 0 Å². The van der Waals surface area contributed by atoms with Crippen LogP contribution in [0.15, 0.2) is 22.7 Å². The fraction of sp³-hybridized carbons (Fsp3) is 0.167. The van der Waals surface area contributed by atoms with Crippen molar-refractivity contribution in [1.82, 2.24) is 5.16 Å². The van der Waals surface area contributed by atoms with E-state index in [9.17, 15) is 4.79 Å². The Morgan fingerprint density at radius 3 is 2.78 bits per heavy atom. The molecule has 0 aliphatic heterocycles. The number of halogens is 1. The molecule has 0 unspecified atom stereocenters. The molecule has 2 rings (SSSR count). The largest absolute Gasteiger partial charge is 0.496 e. The SMILES string of the molecule is COc1ccc(C)cc1-c1onc(C(=O)O)c1Cl. The van der Waals surface area contributed by atoms with E-state index in [2.05, 4.69) is 5.16 Å². The fourth-order valence-corrected chi connectivity index (χ4v) is 1.83. The van der Waals surface area contributed by atoms with E-state index in [1.54, 1.807) is 12.1 Å². The van der Waals surface area contributed by atoms with E-state index in [-0.39, 0.29) is 16.5 Å². The van der Waals surface area contributed by atoms with Crippen molar-refractivity contribution in [3.8, 4) is 17.1 Å². The third-order valence-corrected chi connectivity index (χ3v) is 2.79. The van der Waals surface area contributed by atoms with Gasteiger partial charge in [-0.3, -0.25) is 0 Å². The number of ether oxygens (including phenoxy) is 1. The van der Waals surface area contributed by atoms with Crippen molar-refractivity contribution in [2.24, 2.45) is 0 Å². The van der Waals surface area contributed by atoms with Crippen LogP contribution < -0.4 is 4.74 Å². The Morgan fingerprint density at radius 1 is 1.50 bits per heavy atom. The maximum Gasteiger partial charge on any atom is 0.359 e. The summed E-state index contributed by atoms with van der Waals surface area (Å²) < 4.78 is 10.2. The highest BCUT2D eigenvalue weighted by Gasteiger charge is 2.23. The molecule has 0 bridgehead atoms. The Morgan fingerprint density at radius 2 is 2.22 bits per heavy atom. The van der Waals surface area contributed by atoms with Crippen molar-refractivity contribution >= 4 is 17.6 Å². The first-order valence-corrected chi connectivity index (χ1v) is 5.46. The van der Waals surface area contributed by atoms with Crippen molar-refractivity contribution < 1.29 is 19.2 Å². The maximum absolute atomic E-state index is 10.8. The van der Waals surface area contributed by atoms with Crippen molar-refractivity contribution in [3.63, 3.8) is 0 Å². The first-order valence-electron chi connectivity index (χ1n) is 5.08. The molecular weight excluding hydrogens is 258 g/mol. The number of aromatic nitrogens is 1. The van der Waals surface area contributed by atoms with Gasteiger partial charge in [-0.15, -0.1) is 0 Å². The molecule has 1 aromatic heterocycles. The lowest BCUT2D eigenvalue weighted by Crippen LogP contribution is -1.96. The quantitative estimate of drug-likeness (QED) is 0.925. The van der Waals surface area contributed by atoms with Gasteiger partial charge in [-0.2, -0.15) is 0 Å². The molecule has 1 heterocycles. The molecule has 94 valence electrons. The van der Waals surface area contributed by atoms with E-state index < -0.39 is 5.97 Å². The molecule has 0 spiro atoms. The highest BCUT2D eigenvalue weighted by Crippen LogP contribution is 2.37. The number of methoxy groups -OCH3 is 1. The minimum atomic E-state index is -1.23. The van der Waals surface area contributed by atoms with Crippen LogP contribution in [-0.4, -0.2) is 23.3 Å². The highest BCUT2D eigenvalue weighted by molar-refractivity contribution is 6.35. The molecule has 0 atom stereocenters. The summed E-state index contributed by atoms with van der Waals surface area (Å²) in [4.78, 5) is 10.8. The van der Waals surface area contributed by atoms with E-state index in [4.69, 9.17) is 26.0 Å². The van der Waals surface area contributed by atoms with Gasteiger partial charge >= 0.3 is 5.97 Å². The summed E-state index contributed by atoms with van der Waals surface area (Å²) in [5.74, 6) is -0.508. The third kappa shape index (κ3) is 2.04. The average molecular weight is 268 g/mol. The summed E-state index contributed by atoms with van der Waals surface area (Å²) in [5.41, 5.74) is 1.23. The van der Waals surface area contributed by atoms with Gasteiger partial charge in [0.2, 0.25) is 5.69 Å². The molecule has 0 aliphatic carbocycles. The lowest BCUT2D eigenvalue weighted by molar-refractivity contribution is 0.0686. The zero-order chi connectivity index (χ0) is 13.3. The van der Waals surface area contributed by atoms with Gasteiger partial charge in [0.25, 0.3) is 0 Å². The summed E-state index contributed by atoms with van der Waals surface area (Å²) in [7, 11) is 1.51. The van der Waals surface area contributed by atoms with E-state index >= 15 is 0 Å². The fourth-order valence-electron chi connectivity index (χ4n) is 1.58. The van der Waals surface area contributed by atoms with E-state index in [1.165, 1.54) is 7.11 Å². The number of carboxylic acids is 1. The number of carboxylic acid groups (broad SMARTS) is 1. The molecule has 0 saturated heterocycles. The molecule has 18 heavy (non-hydrogen) atoms. The van der Waals surface area contributed by atoms with Gasteiger partial charge < -0.3 is 14.4 Å². The summed E-state index contributed by atoms with van der Waals surface area (Å²) in [6.45, 7) is 1.89. The minimum absolute atomic E-state index is 0.0357. The van der Waals surface area contributed by atoms with Gasteiger partial charge in [-0.25, -0.2) is 4.79 Å². The summed E-state index contributed by atoms with van der Waals surface area (Å²) in [6.07, 6.45) is 0. The molecule has 6 heteroatoms. The molecule has 1 aromatic carbocycles. The minimum Gasteiger partial charge on any atom is -0.496 e. The van der Waals surface area contributed by atoms with Gasteiger partial charge in [-0.1, -0.05) is 28.4 Å². The molecule has 0 fully saturated rings. The number of rotatable bonds is 3. The van der Waals surface area contributed by atoms with Crippen LogP contribution in [0.3, 0.4) is 0 Å². The molecule has 2 aromatic rings. The smallest absolute Gasteiger partial charge is 0.359 e. The Labute approximate surface area is 108 Å². The second kappa shape index (κ2) is 4.70. The maximum atomic E-state index is 10.8. The van der Waals surface area contributed by atoms with Crippen LogP contribution in [0.25, 0.3) is 11.3 Å². The van der Waals surface area contributed by atoms with Gasteiger partial charge in [0.05, 0.1) is 12.7 Å². The lowest BCUT2D eigenvalue weighted by Gasteiger charge is -2.06. The number of hydrogen-bond donors (Lipinski definition) is 1. The zero-order valence-electron chi connectivity index (χ0n) is 9.73. The van der Waals surface area contributed by atoms with Crippen molar-refractivity contribution in [3.05, 3.63) is 34.5 Å². The Kier molecular flexibility index (Phi) is 3.25. The van der Waals surface area contributed by atoms with Crippen LogP contribution in [0.4, 0.5) is 0 Å². The van der Waals surface area contributed by atoms with E-state index in [1.807, 2.05) is 13.0 Å². The van der Waals surface area contributed by atoms with Crippen molar-refractivity contribution in [2.45, 2.75) is 6.92 Å². The number of hydrogen-bond acceptors (Lipinski definition) is 4. The van der Waals surface area contributed by atoms with Crippen LogP contribution in [-0.2, 0) is 0 Å². The topological polar surface area (TPSA) is 72.6 Å². The Balaban J connectivity index is 2.61. The van der Waals surface area contributed by atoms with Crippen LogP contribution in [0.5, 0.6) is 5.75 Å². The first-order chi connectivity index (χ1) is 8.54.